The number of nitrogens with zero attached hydrogens (tertiary/aromatic N) is 1. The molecule has 6 nitrogen and oxygen atoms in total. The fraction of sp³-hybridized carbons (Fsp3) is 0.625. The van der Waals surface area contributed by atoms with Gasteiger partial charge in [-0.1, -0.05) is 74.1 Å². The number of allylic oxidation sites excluding steroid dienone is 1. The zero-order chi connectivity index (χ0) is 29.0. The molecule has 2 amide bonds. The van der Waals surface area contributed by atoms with Crippen LogP contribution in [-0.4, -0.2) is 46.6 Å². The number of methoxy groups -OCH3 is 1. The number of aliphatic hydroxyl groups is 1. The van der Waals surface area contributed by atoms with E-state index in [9.17, 15) is 14.7 Å². The Labute approximate surface area is 230 Å². The lowest BCUT2D eigenvalue weighted by Crippen LogP contribution is -2.62. The Kier molecular flexibility index (Phi) is 10.4. The molecule has 38 heavy (non-hydrogen) atoms. The van der Waals surface area contributed by atoms with Crippen LogP contribution in [0, 0.1) is 17.3 Å². The van der Waals surface area contributed by atoms with E-state index in [1.165, 1.54) is 16.5 Å². The zero-order valence-corrected chi connectivity index (χ0v) is 25.3. The average molecular weight is 527 g/mol. The van der Waals surface area contributed by atoms with Crippen molar-refractivity contribution in [2.45, 2.75) is 106 Å². The summed E-state index contributed by atoms with van der Waals surface area (Å²) >= 11 is 0. The molecule has 2 N–H and O–H groups in total. The van der Waals surface area contributed by atoms with E-state index in [2.05, 4.69) is 37.9 Å². The Morgan fingerprint density at radius 3 is 2.34 bits per heavy atom. The molecule has 0 saturated heterocycles. The van der Waals surface area contributed by atoms with Gasteiger partial charge in [0.2, 0.25) is 0 Å². The second-order valence-electron chi connectivity index (χ2n) is 10.3. The third kappa shape index (κ3) is 4.81. The molecule has 1 fully saturated rings. The minimum atomic E-state index is -1.02. The molecule has 1 saturated carbocycles. The number of amides is 2. The number of hydrogen-bond donors (Lipinski definition) is 2. The third-order valence-electron chi connectivity index (χ3n) is 8.82. The van der Waals surface area contributed by atoms with Gasteiger partial charge in [-0.2, -0.15) is 0 Å². The maximum absolute atomic E-state index is 12.9. The minimum Gasteiger partial charge on any atom is -0.497 e. The van der Waals surface area contributed by atoms with E-state index in [1.54, 1.807) is 14.0 Å². The Hall–Kier alpha value is -2.60. The lowest BCUT2D eigenvalue weighted by molar-refractivity contribution is -0.166. The molecule has 6 heteroatoms. The number of nitrogens with one attached hydrogen (secondary N) is 1. The van der Waals surface area contributed by atoms with E-state index in [0.717, 1.165) is 24.3 Å². The Bertz CT molecular complexity index is 1050. The number of imide groups is 1. The number of hydrogen-bond acceptors (Lipinski definition) is 5. The van der Waals surface area contributed by atoms with Gasteiger partial charge in [0.1, 0.15) is 5.76 Å². The van der Waals surface area contributed by atoms with Crippen molar-refractivity contribution in [3.63, 3.8) is 0 Å². The van der Waals surface area contributed by atoms with E-state index in [4.69, 9.17) is 4.74 Å². The lowest BCUT2D eigenvalue weighted by atomic mass is 9.52. The Morgan fingerprint density at radius 2 is 1.79 bits per heavy atom. The van der Waals surface area contributed by atoms with Crippen molar-refractivity contribution in [1.29, 1.82) is 0 Å². The van der Waals surface area contributed by atoms with Crippen molar-refractivity contribution in [2.24, 2.45) is 17.3 Å². The van der Waals surface area contributed by atoms with E-state index < -0.39 is 5.60 Å². The molecule has 6 atom stereocenters. The molecule has 0 aromatic heterocycles. The van der Waals surface area contributed by atoms with Crippen LogP contribution in [0.3, 0.4) is 0 Å². The van der Waals surface area contributed by atoms with Gasteiger partial charge in [-0.3, -0.25) is 14.5 Å². The second kappa shape index (κ2) is 12.5. The first-order valence-corrected chi connectivity index (χ1v) is 14.5. The molecule has 0 aromatic carbocycles. The summed E-state index contributed by atoms with van der Waals surface area (Å²) < 4.78 is 5.47. The Morgan fingerprint density at radius 1 is 1.16 bits per heavy atom. The summed E-state index contributed by atoms with van der Waals surface area (Å²) in [7, 11) is 1.69. The molecule has 212 valence electrons. The van der Waals surface area contributed by atoms with Crippen molar-refractivity contribution < 1.29 is 19.4 Å². The molecule has 2 aliphatic heterocycles. The van der Waals surface area contributed by atoms with E-state index >= 15 is 0 Å². The minimum absolute atomic E-state index is 0.127. The maximum atomic E-state index is 12.9. The summed E-state index contributed by atoms with van der Waals surface area (Å²) in [4.78, 5) is 27.2. The molecular weight excluding hydrogens is 476 g/mol. The van der Waals surface area contributed by atoms with Crippen molar-refractivity contribution in [3.8, 4) is 0 Å². The van der Waals surface area contributed by atoms with Crippen LogP contribution >= 0.6 is 0 Å². The highest BCUT2D eigenvalue weighted by Crippen LogP contribution is 2.60. The molecule has 0 radical (unpaired) electrons. The highest BCUT2D eigenvalue weighted by atomic mass is 16.5. The van der Waals surface area contributed by atoms with Crippen LogP contribution in [0.1, 0.15) is 88.0 Å². The van der Waals surface area contributed by atoms with E-state index in [1.807, 2.05) is 47.6 Å². The molecular formula is C32H50N2O4. The van der Waals surface area contributed by atoms with Crippen LogP contribution in [0.5, 0.6) is 0 Å². The SMILES string of the molecule is C=CC1=C(C)C(=O)N(C2CC[C@]3(C)CC4=C(NC5C=CC(OC)=CC45)C(C)[C@]3(O)C2)C1=O.CC.CC.CC. The first-order chi connectivity index (χ1) is 18.1. The quantitative estimate of drug-likeness (QED) is 0.428. The lowest BCUT2D eigenvalue weighted by Gasteiger charge is -2.57. The number of carbonyl (C=O) groups excluding carboxylic acids is 2. The Balaban J connectivity index is 0.000000791. The second-order valence-corrected chi connectivity index (χ2v) is 10.3. The molecule has 3 aliphatic carbocycles. The topological polar surface area (TPSA) is 78.9 Å². The number of ether oxygens (including phenoxy) is 1. The molecule has 4 unspecified atom stereocenters. The summed E-state index contributed by atoms with van der Waals surface area (Å²) in [6.07, 6.45) is 10.4. The first-order valence-electron chi connectivity index (χ1n) is 14.5. The predicted octanol–water partition coefficient (Wildman–Crippen LogP) is 6.21. The smallest absolute Gasteiger partial charge is 0.261 e. The van der Waals surface area contributed by atoms with Gasteiger partial charge in [-0.05, 0) is 50.3 Å². The van der Waals surface area contributed by atoms with Crippen LogP contribution < -0.4 is 5.32 Å². The summed E-state index contributed by atoms with van der Waals surface area (Å²) in [6.45, 7) is 21.6. The van der Waals surface area contributed by atoms with Gasteiger partial charge in [-0.15, -0.1) is 0 Å². The van der Waals surface area contributed by atoms with E-state index in [0.29, 0.717) is 24.0 Å². The first kappa shape index (κ1) is 31.6. The summed E-state index contributed by atoms with van der Waals surface area (Å²) in [5.41, 5.74) is 1.95. The van der Waals surface area contributed by atoms with Crippen molar-refractivity contribution >= 4 is 11.8 Å². The summed E-state index contributed by atoms with van der Waals surface area (Å²) in [5, 5.41) is 15.8. The van der Waals surface area contributed by atoms with E-state index in [-0.39, 0.29) is 41.1 Å². The van der Waals surface area contributed by atoms with Crippen LogP contribution in [0.15, 0.2) is 59.1 Å². The fourth-order valence-corrected chi connectivity index (χ4v) is 6.79. The van der Waals surface area contributed by atoms with Gasteiger partial charge in [0.15, 0.2) is 0 Å². The standard InChI is InChI=1S/C26H32N2O4.3C2H6/c1-6-18-14(2)23(29)28(24(18)30)16-9-10-25(4)13-20-19-11-17(32-5)7-8-21(19)27-22(20)15(3)26(25,31)12-16;3*1-2/h6-8,11,15-16,19,21,27,31H,1,9-10,12-13H2,2-5H3;3*1-2H3/t15?,16?,19?,21?,25-,26-;;;/m1.../s1. The molecule has 0 aromatic rings. The number of fused-ring (bicyclic) bond motifs is 3. The van der Waals surface area contributed by atoms with Gasteiger partial charge in [0, 0.05) is 40.1 Å². The van der Waals surface area contributed by atoms with Crippen LogP contribution in [-0.2, 0) is 14.3 Å². The van der Waals surface area contributed by atoms with Crippen molar-refractivity contribution in [1.82, 2.24) is 10.2 Å². The normalized spacial score (nSPS) is 34.7. The molecule has 5 aliphatic rings. The molecule has 5 rings (SSSR count). The van der Waals surface area contributed by atoms with Crippen LogP contribution in [0.2, 0.25) is 0 Å². The third-order valence-corrected chi connectivity index (χ3v) is 8.82. The highest BCUT2D eigenvalue weighted by molar-refractivity contribution is 6.20. The summed E-state index contributed by atoms with van der Waals surface area (Å²) in [5.74, 6) is 0.442. The zero-order valence-electron chi connectivity index (χ0n) is 25.3. The van der Waals surface area contributed by atoms with Gasteiger partial charge < -0.3 is 15.2 Å². The van der Waals surface area contributed by atoms with Crippen LogP contribution in [0.25, 0.3) is 0 Å². The fourth-order valence-electron chi connectivity index (χ4n) is 6.79. The largest absolute Gasteiger partial charge is 0.497 e. The van der Waals surface area contributed by atoms with Crippen molar-refractivity contribution in [2.75, 3.05) is 7.11 Å². The van der Waals surface area contributed by atoms with Crippen molar-refractivity contribution in [3.05, 3.63) is 59.1 Å². The highest BCUT2D eigenvalue weighted by Gasteiger charge is 2.61. The van der Waals surface area contributed by atoms with Gasteiger partial charge >= 0.3 is 0 Å². The van der Waals surface area contributed by atoms with Gasteiger partial charge in [0.05, 0.1) is 18.8 Å². The summed E-state index contributed by atoms with van der Waals surface area (Å²) in [6, 6.07) is -0.137. The number of rotatable bonds is 3. The molecule has 0 bridgehead atoms. The van der Waals surface area contributed by atoms with Gasteiger partial charge in [0.25, 0.3) is 11.8 Å². The molecule has 2 heterocycles. The monoisotopic (exact) mass is 526 g/mol. The van der Waals surface area contributed by atoms with Gasteiger partial charge in [-0.25, -0.2) is 0 Å². The predicted molar refractivity (Wildman–Crippen MR) is 155 cm³/mol. The maximum Gasteiger partial charge on any atom is 0.261 e. The molecule has 0 spiro atoms. The average Bonchev–Trinajstić information content (AvgIpc) is 3.41. The number of carbonyl (C=O) groups is 2. The van der Waals surface area contributed by atoms with Crippen LogP contribution in [0.4, 0.5) is 0 Å².